The fourth-order valence-electron chi connectivity index (χ4n) is 3.53. The quantitative estimate of drug-likeness (QED) is 0.852. The van der Waals surface area contributed by atoms with Crippen LogP contribution in [0.2, 0.25) is 5.02 Å². The Morgan fingerprint density at radius 3 is 2.57 bits per heavy atom. The zero-order chi connectivity index (χ0) is 14.6. The lowest BCUT2D eigenvalue weighted by Crippen LogP contribution is -2.47. The Bertz CT molecular complexity index is 569. The van der Waals surface area contributed by atoms with E-state index in [0.29, 0.717) is 30.0 Å². The SMILES string of the molecule is NN1Cc2cc(F)c(N3CCCC3)c(Cl)c2N(C2CC2)C1. The average Bonchev–Trinajstić information content (AvgIpc) is 3.15. The van der Waals surface area contributed by atoms with Crippen LogP contribution in [0, 0.1) is 5.82 Å². The molecule has 3 aliphatic rings. The minimum atomic E-state index is -0.216. The maximum Gasteiger partial charge on any atom is 0.148 e. The summed E-state index contributed by atoms with van der Waals surface area (Å²) < 4.78 is 14.6. The Morgan fingerprint density at radius 2 is 1.90 bits per heavy atom. The lowest BCUT2D eigenvalue weighted by molar-refractivity contribution is 0.258. The molecular weight excluding hydrogens is 291 g/mol. The number of halogens is 2. The van der Waals surface area contributed by atoms with Gasteiger partial charge in [-0.2, -0.15) is 0 Å². The molecule has 21 heavy (non-hydrogen) atoms. The monoisotopic (exact) mass is 310 g/mol. The van der Waals surface area contributed by atoms with E-state index in [2.05, 4.69) is 9.80 Å². The lowest BCUT2D eigenvalue weighted by atomic mass is 10.1. The van der Waals surface area contributed by atoms with Crippen LogP contribution in [0.5, 0.6) is 0 Å². The van der Waals surface area contributed by atoms with E-state index in [1.165, 1.54) is 12.8 Å². The van der Waals surface area contributed by atoms with Crippen LogP contribution >= 0.6 is 11.6 Å². The number of anilines is 2. The summed E-state index contributed by atoms with van der Waals surface area (Å²) in [5.74, 6) is 5.77. The zero-order valence-corrected chi connectivity index (χ0v) is 12.7. The van der Waals surface area contributed by atoms with Crippen molar-refractivity contribution in [2.24, 2.45) is 5.84 Å². The highest BCUT2D eigenvalue weighted by molar-refractivity contribution is 6.36. The molecule has 0 atom stereocenters. The third kappa shape index (κ3) is 2.28. The molecule has 4 rings (SSSR count). The predicted octanol–water partition coefficient (Wildman–Crippen LogP) is 2.69. The molecule has 2 fully saturated rings. The highest BCUT2D eigenvalue weighted by atomic mass is 35.5. The molecule has 1 aliphatic carbocycles. The second-order valence-corrected chi connectivity index (χ2v) is 6.69. The van der Waals surface area contributed by atoms with E-state index in [-0.39, 0.29) is 5.82 Å². The molecule has 2 aliphatic heterocycles. The summed E-state index contributed by atoms with van der Waals surface area (Å²) in [6, 6.07) is 2.13. The molecule has 0 radical (unpaired) electrons. The summed E-state index contributed by atoms with van der Waals surface area (Å²) in [7, 11) is 0. The first kappa shape index (κ1) is 13.6. The Hall–Kier alpha value is -1.04. The second-order valence-electron chi connectivity index (χ2n) is 6.31. The van der Waals surface area contributed by atoms with Gasteiger partial charge < -0.3 is 9.80 Å². The largest absolute Gasteiger partial charge is 0.368 e. The van der Waals surface area contributed by atoms with Crippen LogP contribution in [0.25, 0.3) is 0 Å². The minimum absolute atomic E-state index is 0.216. The van der Waals surface area contributed by atoms with E-state index >= 15 is 0 Å². The van der Waals surface area contributed by atoms with Gasteiger partial charge in [0.1, 0.15) is 5.82 Å². The molecule has 0 bridgehead atoms. The Morgan fingerprint density at radius 1 is 1.19 bits per heavy atom. The van der Waals surface area contributed by atoms with Crippen LogP contribution in [-0.2, 0) is 6.54 Å². The predicted molar refractivity (Wildman–Crippen MR) is 83.0 cm³/mol. The number of hydrogen-bond acceptors (Lipinski definition) is 4. The van der Waals surface area contributed by atoms with Crippen molar-refractivity contribution in [2.75, 3.05) is 29.6 Å². The van der Waals surface area contributed by atoms with Crippen molar-refractivity contribution in [3.63, 3.8) is 0 Å². The van der Waals surface area contributed by atoms with Crippen LogP contribution < -0.4 is 15.6 Å². The van der Waals surface area contributed by atoms with Crippen molar-refractivity contribution in [3.8, 4) is 0 Å². The number of fused-ring (bicyclic) bond motifs is 1. The van der Waals surface area contributed by atoms with E-state index in [9.17, 15) is 4.39 Å². The number of nitrogens with zero attached hydrogens (tertiary/aromatic N) is 3. The third-order valence-corrected chi connectivity index (χ3v) is 5.01. The van der Waals surface area contributed by atoms with Gasteiger partial charge in [-0.05, 0) is 37.3 Å². The summed E-state index contributed by atoms with van der Waals surface area (Å²) >= 11 is 6.64. The molecule has 1 saturated carbocycles. The fraction of sp³-hybridized carbons (Fsp3) is 0.600. The van der Waals surface area contributed by atoms with Crippen molar-refractivity contribution in [3.05, 3.63) is 22.5 Å². The van der Waals surface area contributed by atoms with Crippen LogP contribution in [-0.4, -0.2) is 30.8 Å². The summed E-state index contributed by atoms with van der Waals surface area (Å²) in [4.78, 5) is 4.33. The second kappa shape index (κ2) is 5.00. The van der Waals surface area contributed by atoms with E-state index in [1.54, 1.807) is 11.1 Å². The van der Waals surface area contributed by atoms with Gasteiger partial charge in [0.2, 0.25) is 0 Å². The Kier molecular flexibility index (Phi) is 3.24. The van der Waals surface area contributed by atoms with Gasteiger partial charge in [0.05, 0.1) is 23.1 Å². The number of nitrogens with two attached hydrogens (primary N) is 1. The minimum Gasteiger partial charge on any atom is -0.368 e. The molecule has 1 aromatic carbocycles. The first-order valence-corrected chi connectivity index (χ1v) is 8.05. The molecule has 114 valence electrons. The summed E-state index contributed by atoms with van der Waals surface area (Å²) in [5, 5.41) is 2.30. The topological polar surface area (TPSA) is 35.7 Å². The van der Waals surface area contributed by atoms with Crippen LogP contribution in [0.4, 0.5) is 15.8 Å². The fourth-order valence-corrected chi connectivity index (χ4v) is 3.97. The maximum absolute atomic E-state index is 14.6. The smallest absolute Gasteiger partial charge is 0.148 e. The van der Waals surface area contributed by atoms with Gasteiger partial charge in [0.25, 0.3) is 0 Å². The molecule has 6 heteroatoms. The molecule has 1 saturated heterocycles. The first-order valence-electron chi connectivity index (χ1n) is 7.67. The van der Waals surface area contributed by atoms with Crippen molar-refractivity contribution in [1.29, 1.82) is 0 Å². The maximum atomic E-state index is 14.6. The van der Waals surface area contributed by atoms with Gasteiger partial charge in [-0.25, -0.2) is 9.40 Å². The van der Waals surface area contributed by atoms with Gasteiger partial charge in [0.15, 0.2) is 0 Å². The number of benzene rings is 1. The zero-order valence-electron chi connectivity index (χ0n) is 12.0. The number of rotatable bonds is 2. The average molecular weight is 311 g/mol. The standard InChI is InChI=1S/C15H20ClFN4/c16-13-14-10(8-20(18)9-21(14)11-3-4-11)7-12(17)15(13)19-5-1-2-6-19/h7,11H,1-6,8-9,18H2. The van der Waals surface area contributed by atoms with Gasteiger partial charge in [-0.15, -0.1) is 0 Å². The summed E-state index contributed by atoms with van der Waals surface area (Å²) in [6.45, 7) is 3.00. The summed E-state index contributed by atoms with van der Waals surface area (Å²) in [6.07, 6.45) is 4.55. The van der Waals surface area contributed by atoms with E-state index in [0.717, 1.165) is 37.2 Å². The Labute approximate surface area is 129 Å². The van der Waals surface area contributed by atoms with Crippen LogP contribution in [0.15, 0.2) is 6.07 Å². The normalized spacial score (nSPS) is 22.8. The highest BCUT2D eigenvalue weighted by Gasteiger charge is 2.37. The third-order valence-electron chi connectivity index (χ3n) is 4.65. The molecule has 0 aromatic heterocycles. The van der Waals surface area contributed by atoms with Gasteiger partial charge >= 0.3 is 0 Å². The van der Waals surface area contributed by atoms with Gasteiger partial charge in [-0.3, -0.25) is 5.84 Å². The van der Waals surface area contributed by atoms with Crippen molar-refractivity contribution >= 4 is 23.0 Å². The molecule has 1 aromatic rings. The lowest BCUT2D eigenvalue weighted by Gasteiger charge is -2.38. The van der Waals surface area contributed by atoms with Gasteiger partial charge in [-0.1, -0.05) is 11.6 Å². The molecule has 2 N–H and O–H groups in total. The molecule has 0 amide bonds. The van der Waals surface area contributed by atoms with E-state index in [4.69, 9.17) is 17.4 Å². The molecule has 4 nitrogen and oxygen atoms in total. The van der Waals surface area contributed by atoms with Crippen LogP contribution in [0.3, 0.4) is 0 Å². The first-order chi connectivity index (χ1) is 10.1. The number of hydrazine groups is 1. The highest BCUT2D eigenvalue weighted by Crippen LogP contribution is 2.46. The molecular formula is C15H20ClFN4. The van der Waals surface area contributed by atoms with Crippen molar-refractivity contribution in [1.82, 2.24) is 5.01 Å². The molecule has 0 unspecified atom stereocenters. The van der Waals surface area contributed by atoms with E-state index in [1.807, 2.05) is 0 Å². The van der Waals surface area contributed by atoms with Gasteiger partial charge in [0, 0.05) is 25.7 Å². The van der Waals surface area contributed by atoms with Crippen molar-refractivity contribution in [2.45, 2.75) is 38.3 Å². The van der Waals surface area contributed by atoms with Crippen LogP contribution in [0.1, 0.15) is 31.2 Å². The Balaban J connectivity index is 1.82. The van der Waals surface area contributed by atoms with Crippen molar-refractivity contribution < 1.29 is 4.39 Å². The summed E-state index contributed by atoms with van der Waals surface area (Å²) in [5.41, 5.74) is 2.49. The molecule has 0 spiro atoms. The number of hydrogen-bond donors (Lipinski definition) is 1. The van der Waals surface area contributed by atoms with E-state index < -0.39 is 0 Å². The molecule has 2 heterocycles.